The third-order valence-corrected chi connectivity index (χ3v) is 3.27. The first-order valence-corrected chi connectivity index (χ1v) is 7.06. The summed E-state index contributed by atoms with van der Waals surface area (Å²) in [5, 5.41) is 5.43. The smallest absolute Gasteiger partial charge is 0.244 e. The Kier molecular flexibility index (Phi) is 4.60. The van der Waals surface area contributed by atoms with Crippen molar-refractivity contribution in [1.82, 2.24) is 10.6 Å². The number of carbonyl (C=O) groups excluding carboxylic acids is 2. The molecule has 2 amide bonds. The number of rotatable bonds is 4. The largest absolute Gasteiger partial charge is 0.342 e. The average Bonchev–Trinajstić information content (AvgIpc) is 2.14. The Balaban J connectivity index is 2.53. The van der Waals surface area contributed by atoms with Gasteiger partial charge in [0.05, 0.1) is 0 Å². The molecule has 1 rings (SSSR count). The standard InChI is InChI=1S/C8H14N2O2S2/c1-13-3-5-7(11)10-6(4-14-2)8(12)9-5/h5-6H,3-4H2,1-2H3,(H,9,12)(H,10,11)/t5-,6-/m0/s1. The summed E-state index contributed by atoms with van der Waals surface area (Å²) in [7, 11) is 0. The van der Waals surface area contributed by atoms with Crippen LogP contribution >= 0.6 is 23.5 Å². The van der Waals surface area contributed by atoms with Crippen LogP contribution in [0.15, 0.2) is 0 Å². The molecule has 0 saturated carbocycles. The van der Waals surface area contributed by atoms with E-state index in [0.717, 1.165) is 0 Å². The summed E-state index contributed by atoms with van der Waals surface area (Å²) in [6.45, 7) is 0. The minimum Gasteiger partial charge on any atom is -0.342 e. The molecule has 2 N–H and O–H groups in total. The molecule has 4 nitrogen and oxygen atoms in total. The summed E-state index contributed by atoms with van der Waals surface area (Å²) in [6.07, 6.45) is 3.82. The quantitative estimate of drug-likeness (QED) is 0.701. The molecular weight excluding hydrogens is 220 g/mol. The predicted molar refractivity (Wildman–Crippen MR) is 60.6 cm³/mol. The van der Waals surface area contributed by atoms with Crippen molar-refractivity contribution in [3.05, 3.63) is 0 Å². The van der Waals surface area contributed by atoms with Crippen molar-refractivity contribution in [2.45, 2.75) is 12.1 Å². The molecule has 1 saturated heterocycles. The van der Waals surface area contributed by atoms with Crippen molar-refractivity contribution in [2.75, 3.05) is 24.0 Å². The predicted octanol–water partition coefficient (Wildman–Crippen LogP) is -0.304. The lowest BCUT2D eigenvalue weighted by Crippen LogP contribution is -2.63. The maximum atomic E-state index is 11.5. The van der Waals surface area contributed by atoms with Crippen LogP contribution in [0.3, 0.4) is 0 Å². The summed E-state index contributed by atoms with van der Waals surface area (Å²) in [5.74, 6) is 1.11. The van der Waals surface area contributed by atoms with Gasteiger partial charge in [0.1, 0.15) is 12.1 Å². The molecule has 0 aliphatic carbocycles. The molecule has 1 heterocycles. The maximum absolute atomic E-state index is 11.5. The summed E-state index contributed by atoms with van der Waals surface area (Å²) < 4.78 is 0. The molecule has 0 radical (unpaired) electrons. The van der Waals surface area contributed by atoms with Gasteiger partial charge in [0.15, 0.2) is 0 Å². The van der Waals surface area contributed by atoms with E-state index in [1.54, 1.807) is 23.5 Å². The summed E-state index contributed by atoms with van der Waals surface area (Å²) in [4.78, 5) is 22.9. The van der Waals surface area contributed by atoms with E-state index in [9.17, 15) is 9.59 Å². The van der Waals surface area contributed by atoms with Crippen LogP contribution in [0.5, 0.6) is 0 Å². The van der Waals surface area contributed by atoms with E-state index >= 15 is 0 Å². The highest BCUT2D eigenvalue weighted by Gasteiger charge is 2.32. The maximum Gasteiger partial charge on any atom is 0.244 e. The highest BCUT2D eigenvalue weighted by Crippen LogP contribution is 2.06. The summed E-state index contributed by atoms with van der Waals surface area (Å²) >= 11 is 3.10. The van der Waals surface area contributed by atoms with Gasteiger partial charge in [-0.05, 0) is 12.5 Å². The number of hydrogen-bond acceptors (Lipinski definition) is 4. The molecule has 1 aliphatic rings. The minimum atomic E-state index is -0.365. The van der Waals surface area contributed by atoms with Crippen molar-refractivity contribution in [1.29, 1.82) is 0 Å². The van der Waals surface area contributed by atoms with Gasteiger partial charge in [-0.15, -0.1) is 0 Å². The molecule has 1 fully saturated rings. The van der Waals surface area contributed by atoms with Crippen LogP contribution in [0, 0.1) is 0 Å². The lowest BCUT2D eigenvalue weighted by Gasteiger charge is -2.28. The van der Waals surface area contributed by atoms with E-state index in [1.165, 1.54) is 0 Å². The number of amides is 2. The fraction of sp³-hybridized carbons (Fsp3) is 0.750. The Morgan fingerprint density at radius 1 is 1.00 bits per heavy atom. The van der Waals surface area contributed by atoms with Crippen molar-refractivity contribution in [2.24, 2.45) is 0 Å². The van der Waals surface area contributed by atoms with Gasteiger partial charge in [-0.25, -0.2) is 0 Å². The molecule has 80 valence electrons. The zero-order valence-corrected chi connectivity index (χ0v) is 9.83. The molecule has 14 heavy (non-hydrogen) atoms. The average molecular weight is 234 g/mol. The second-order valence-electron chi connectivity index (χ2n) is 3.03. The van der Waals surface area contributed by atoms with Crippen molar-refractivity contribution in [3.63, 3.8) is 0 Å². The number of carbonyl (C=O) groups is 2. The molecule has 0 unspecified atom stereocenters. The normalized spacial score (nSPS) is 27.0. The van der Waals surface area contributed by atoms with Crippen LogP contribution in [0.1, 0.15) is 0 Å². The number of thioether (sulfide) groups is 2. The molecule has 0 spiro atoms. The number of hydrogen-bond donors (Lipinski definition) is 2. The number of piperazine rings is 1. The summed E-state index contributed by atoms with van der Waals surface area (Å²) in [5.41, 5.74) is 0. The second-order valence-corrected chi connectivity index (χ2v) is 4.85. The van der Waals surface area contributed by atoms with E-state index in [1.807, 2.05) is 12.5 Å². The Labute approximate surface area is 92.0 Å². The first-order chi connectivity index (χ1) is 6.69. The van der Waals surface area contributed by atoms with Crippen molar-refractivity contribution >= 4 is 35.3 Å². The molecule has 0 aromatic rings. The fourth-order valence-corrected chi connectivity index (χ4v) is 2.38. The Bertz CT molecular complexity index is 211. The highest BCUT2D eigenvalue weighted by atomic mass is 32.2. The second kappa shape index (κ2) is 5.50. The van der Waals surface area contributed by atoms with Gasteiger partial charge in [0.25, 0.3) is 0 Å². The van der Waals surface area contributed by atoms with Gasteiger partial charge in [0.2, 0.25) is 11.8 Å². The minimum absolute atomic E-state index is 0.0713. The van der Waals surface area contributed by atoms with Gasteiger partial charge in [-0.2, -0.15) is 23.5 Å². The Hall–Kier alpha value is -0.360. The van der Waals surface area contributed by atoms with Crippen LogP contribution in [0.2, 0.25) is 0 Å². The van der Waals surface area contributed by atoms with Gasteiger partial charge in [0, 0.05) is 11.5 Å². The molecule has 1 aliphatic heterocycles. The van der Waals surface area contributed by atoms with Gasteiger partial charge < -0.3 is 10.6 Å². The first-order valence-electron chi connectivity index (χ1n) is 4.27. The molecule has 2 atom stereocenters. The van der Waals surface area contributed by atoms with Crippen molar-refractivity contribution in [3.8, 4) is 0 Å². The third-order valence-electron chi connectivity index (χ3n) is 1.93. The SMILES string of the molecule is CSC[C@@H]1NC(=O)[C@H](CSC)NC1=O. The zero-order chi connectivity index (χ0) is 10.6. The van der Waals surface area contributed by atoms with Gasteiger partial charge >= 0.3 is 0 Å². The molecule has 6 heteroatoms. The highest BCUT2D eigenvalue weighted by molar-refractivity contribution is 7.98. The van der Waals surface area contributed by atoms with E-state index in [2.05, 4.69) is 10.6 Å². The summed E-state index contributed by atoms with van der Waals surface area (Å²) in [6, 6.07) is -0.730. The Morgan fingerprint density at radius 2 is 1.36 bits per heavy atom. The van der Waals surface area contributed by atoms with Crippen molar-refractivity contribution < 1.29 is 9.59 Å². The molecule has 0 aromatic carbocycles. The number of nitrogens with one attached hydrogen (secondary N) is 2. The molecular formula is C8H14N2O2S2. The zero-order valence-electron chi connectivity index (χ0n) is 8.20. The topological polar surface area (TPSA) is 58.2 Å². The van der Waals surface area contributed by atoms with E-state index in [0.29, 0.717) is 11.5 Å². The van der Waals surface area contributed by atoms with E-state index in [-0.39, 0.29) is 23.9 Å². The lowest BCUT2D eigenvalue weighted by molar-refractivity contribution is -0.135. The third kappa shape index (κ3) is 2.81. The van der Waals surface area contributed by atoms with E-state index < -0.39 is 0 Å². The van der Waals surface area contributed by atoms with Crippen LogP contribution in [0.25, 0.3) is 0 Å². The fourth-order valence-electron chi connectivity index (χ4n) is 1.24. The van der Waals surface area contributed by atoms with Gasteiger partial charge in [-0.1, -0.05) is 0 Å². The van der Waals surface area contributed by atoms with Gasteiger partial charge in [-0.3, -0.25) is 9.59 Å². The molecule has 0 bridgehead atoms. The lowest BCUT2D eigenvalue weighted by atomic mass is 10.2. The van der Waals surface area contributed by atoms with Crippen LogP contribution in [-0.2, 0) is 9.59 Å². The monoisotopic (exact) mass is 234 g/mol. The Morgan fingerprint density at radius 3 is 1.64 bits per heavy atom. The first kappa shape index (κ1) is 11.7. The van der Waals surface area contributed by atoms with Crippen LogP contribution in [0.4, 0.5) is 0 Å². The molecule has 0 aromatic heterocycles. The van der Waals surface area contributed by atoms with Crippen LogP contribution < -0.4 is 10.6 Å². The van der Waals surface area contributed by atoms with E-state index in [4.69, 9.17) is 0 Å². The van der Waals surface area contributed by atoms with Crippen LogP contribution in [-0.4, -0.2) is 47.9 Å².